The molecule has 2 aromatic heterocycles. The number of halogens is 1. The predicted molar refractivity (Wildman–Crippen MR) is 142 cm³/mol. The number of hydrogen-bond donors (Lipinski definition) is 1. The number of carboxylic acid groups (broad SMARTS) is 1. The average Bonchev–Trinajstić information content (AvgIpc) is 3.37. The Balaban J connectivity index is 0.000000747. The molecule has 4 aromatic rings. The van der Waals surface area contributed by atoms with Crippen LogP contribution in [-0.2, 0) is 11.3 Å². The minimum absolute atomic E-state index is 0.480. The molecule has 1 aliphatic heterocycles. The zero-order chi connectivity index (χ0) is 26.5. The lowest BCUT2D eigenvalue weighted by molar-refractivity contribution is -0.577. The second kappa shape index (κ2) is 11.1. The van der Waals surface area contributed by atoms with Crippen molar-refractivity contribution in [1.29, 1.82) is 0 Å². The number of aromatic nitrogens is 3. The summed E-state index contributed by atoms with van der Waals surface area (Å²) >= 11 is 6.31. The first-order valence-corrected chi connectivity index (χ1v) is 11.9. The van der Waals surface area contributed by atoms with Crippen LogP contribution in [0.1, 0.15) is 30.7 Å². The number of carbonyl (C=O) groups excluding carboxylic acids is 1. The first-order valence-electron chi connectivity index (χ1n) is 11.5. The van der Waals surface area contributed by atoms with Gasteiger partial charge < -0.3 is 20.4 Å². The smallest absolute Gasteiger partial charge is 0.237 e. The lowest BCUT2D eigenvalue weighted by Gasteiger charge is -2.06. The number of aliphatic imine (C=N–C) groups is 1. The number of ether oxygens (including phenoxy) is 1. The van der Waals surface area contributed by atoms with E-state index in [1.54, 1.807) is 18.0 Å². The third kappa shape index (κ3) is 5.54. The van der Waals surface area contributed by atoms with E-state index in [-0.39, 0.29) is 0 Å². The van der Waals surface area contributed by atoms with Gasteiger partial charge in [-0.05, 0) is 55.8 Å². The first-order chi connectivity index (χ1) is 17.8. The Morgan fingerprint density at radius 3 is 2.49 bits per heavy atom. The molecule has 0 saturated carbocycles. The Bertz CT molecular complexity index is 1500. The highest BCUT2D eigenvalue weighted by Gasteiger charge is 2.34. The maximum Gasteiger partial charge on any atom is 0.237 e. The number of benzene rings is 2. The number of nitrogens with two attached hydrogens (primary N) is 1. The summed E-state index contributed by atoms with van der Waals surface area (Å²) < 4.78 is 9.19. The third-order valence-corrected chi connectivity index (χ3v) is 6.16. The Labute approximate surface area is 219 Å². The molecule has 0 spiro atoms. The third-order valence-electron chi connectivity index (χ3n) is 5.79. The Morgan fingerprint density at radius 1 is 1.14 bits per heavy atom. The van der Waals surface area contributed by atoms with Crippen LogP contribution in [0.5, 0.6) is 5.75 Å². The number of nitrogen functional groups attached to an aromatic ring is 1. The molecule has 8 nitrogen and oxygen atoms in total. The Morgan fingerprint density at radius 2 is 1.81 bits per heavy atom. The summed E-state index contributed by atoms with van der Waals surface area (Å²) in [7, 11) is 1.67. The van der Waals surface area contributed by atoms with Crippen molar-refractivity contribution >= 4 is 40.5 Å². The van der Waals surface area contributed by atoms with Gasteiger partial charge >= 0.3 is 0 Å². The fourth-order valence-electron chi connectivity index (χ4n) is 4.07. The average molecular weight is 516 g/mol. The number of pyridine rings is 1. The van der Waals surface area contributed by atoms with E-state index in [4.69, 9.17) is 37.0 Å². The summed E-state index contributed by atoms with van der Waals surface area (Å²) in [4.78, 5) is 13.8. The molecule has 9 heteroatoms. The number of aliphatic carboxylic acids is 1. The molecule has 0 bridgehead atoms. The summed E-state index contributed by atoms with van der Waals surface area (Å²) in [5.74, 6) is 0.233. The van der Waals surface area contributed by atoms with E-state index in [0.29, 0.717) is 23.1 Å². The van der Waals surface area contributed by atoms with E-state index in [2.05, 4.69) is 34.8 Å². The molecule has 5 rings (SSSR count). The second-order valence-corrected chi connectivity index (χ2v) is 8.68. The molecule has 0 aliphatic carbocycles. The molecule has 0 fully saturated rings. The summed E-state index contributed by atoms with van der Waals surface area (Å²) in [5.41, 5.74) is 13.1. The molecule has 0 unspecified atom stereocenters. The minimum atomic E-state index is -1.08. The van der Waals surface area contributed by atoms with Crippen molar-refractivity contribution in [1.82, 2.24) is 9.78 Å². The highest BCUT2D eigenvalue weighted by molar-refractivity contribution is 6.31. The summed E-state index contributed by atoms with van der Waals surface area (Å²) in [6, 6.07) is 21.8. The molecule has 0 atom stereocenters. The summed E-state index contributed by atoms with van der Waals surface area (Å²) in [6.07, 6.45) is 3.75. The molecule has 37 heavy (non-hydrogen) atoms. The van der Waals surface area contributed by atoms with Crippen LogP contribution in [0.4, 0.5) is 11.5 Å². The number of fused-ring (bicyclic) bond motifs is 1. The van der Waals surface area contributed by atoms with Gasteiger partial charge in [0, 0.05) is 28.7 Å². The molecule has 188 valence electrons. The highest BCUT2D eigenvalue weighted by Crippen LogP contribution is 2.30. The summed E-state index contributed by atoms with van der Waals surface area (Å²) in [5, 5.41) is 14.0. The van der Waals surface area contributed by atoms with E-state index >= 15 is 0 Å². The van der Waals surface area contributed by atoms with Crippen molar-refractivity contribution in [3.63, 3.8) is 0 Å². The number of anilines is 1. The van der Waals surface area contributed by atoms with Gasteiger partial charge in [0.2, 0.25) is 11.4 Å². The van der Waals surface area contributed by atoms with Gasteiger partial charge in [-0.2, -0.15) is 9.67 Å². The fourth-order valence-corrected chi connectivity index (χ4v) is 4.26. The van der Waals surface area contributed by atoms with E-state index in [0.717, 1.165) is 46.5 Å². The molecule has 3 heterocycles. The molecule has 0 saturated heterocycles. The number of carboxylic acids is 1. The van der Waals surface area contributed by atoms with Gasteiger partial charge in [-0.1, -0.05) is 29.8 Å². The van der Waals surface area contributed by atoms with E-state index in [1.165, 1.54) is 0 Å². The van der Waals surface area contributed by atoms with Gasteiger partial charge in [-0.15, -0.1) is 0 Å². The number of methoxy groups -OCH3 is 1. The van der Waals surface area contributed by atoms with Gasteiger partial charge in [0.15, 0.2) is 6.20 Å². The topological polar surface area (TPSA) is 109 Å². The maximum atomic E-state index is 8.89. The van der Waals surface area contributed by atoms with Gasteiger partial charge in [0.1, 0.15) is 23.0 Å². The largest absolute Gasteiger partial charge is 0.550 e. The zero-order valence-electron chi connectivity index (χ0n) is 20.7. The molecule has 0 amide bonds. The molecule has 2 N–H and O–H groups in total. The highest BCUT2D eigenvalue weighted by atomic mass is 35.5. The minimum Gasteiger partial charge on any atom is -0.550 e. The Hall–Kier alpha value is -4.43. The SMILES string of the molecule is CC(=O)[O-].COc1ccc(C2=C(C)C(=Nc3cnn(Cc4ccccc4Cl)c3N)c3cccc[n+]32)cc1. The molecule has 1 aliphatic rings. The van der Waals surface area contributed by atoms with E-state index in [1.807, 2.05) is 54.7 Å². The van der Waals surface area contributed by atoms with Gasteiger partial charge in [-0.25, -0.2) is 9.67 Å². The quantitative estimate of drug-likeness (QED) is 0.408. The van der Waals surface area contributed by atoms with Crippen molar-refractivity contribution in [3.8, 4) is 5.75 Å². The monoisotopic (exact) mass is 515 g/mol. The van der Waals surface area contributed by atoms with Crippen LogP contribution in [0.25, 0.3) is 5.70 Å². The van der Waals surface area contributed by atoms with Gasteiger partial charge in [0.05, 0.1) is 25.4 Å². The summed E-state index contributed by atoms with van der Waals surface area (Å²) in [6.45, 7) is 3.53. The van der Waals surface area contributed by atoms with Crippen molar-refractivity contribution in [2.24, 2.45) is 4.99 Å². The standard InChI is InChI=1S/C26H22ClN5O.C2H4O2/c1-17-24(30-22-15-29-32(26(22)28)16-19-7-3-4-8-21(19)27)23-9-5-6-14-31(23)25(17)18-10-12-20(33-2)13-11-18;1-2(3)4/h3-15,28H,16H2,1-2H3;1H3,(H,3,4). The van der Waals surface area contributed by atoms with Gasteiger partial charge in [-0.3, -0.25) is 0 Å². The van der Waals surface area contributed by atoms with Crippen LogP contribution >= 0.6 is 11.6 Å². The van der Waals surface area contributed by atoms with Crippen LogP contribution in [0.2, 0.25) is 5.02 Å². The lowest BCUT2D eigenvalue weighted by atomic mass is 10.1. The molecule has 0 radical (unpaired) electrons. The predicted octanol–water partition coefficient (Wildman–Crippen LogP) is 3.63. The molecular weight excluding hydrogens is 490 g/mol. The number of rotatable bonds is 5. The van der Waals surface area contributed by atoms with Crippen molar-refractivity contribution in [2.75, 3.05) is 12.8 Å². The lowest BCUT2D eigenvalue weighted by Crippen LogP contribution is -2.34. The first kappa shape index (κ1) is 25.7. The number of allylic oxidation sites excluding steroid dienone is 1. The van der Waals surface area contributed by atoms with Crippen molar-refractivity contribution in [3.05, 3.63) is 107 Å². The molecule has 2 aromatic carbocycles. The van der Waals surface area contributed by atoms with Gasteiger partial charge in [0.25, 0.3) is 0 Å². The van der Waals surface area contributed by atoms with Crippen LogP contribution in [0, 0.1) is 0 Å². The van der Waals surface area contributed by atoms with Crippen LogP contribution in [0.3, 0.4) is 0 Å². The number of hydrogen-bond acceptors (Lipinski definition) is 6. The Kier molecular flexibility index (Phi) is 7.69. The normalized spacial score (nSPS) is 13.2. The number of nitrogens with zero attached hydrogens (tertiary/aromatic N) is 4. The van der Waals surface area contributed by atoms with Crippen LogP contribution in [0.15, 0.2) is 89.7 Å². The van der Waals surface area contributed by atoms with Crippen LogP contribution in [-0.4, -0.2) is 28.6 Å². The number of carbonyl (C=O) groups is 1. The van der Waals surface area contributed by atoms with Crippen molar-refractivity contribution < 1.29 is 19.2 Å². The van der Waals surface area contributed by atoms with Crippen LogP contribution < -0.4 is 20.1 Å². The van der Waals surface area contributed by atoms with Crippen molar-refractivity contribution in [2.45, 2.75) is 20.4 Å². The zero-order valence-corrected chi connectivity index (χ0v) is 21.4. The van der Waals surface area contributed by atoms with E-state index < -0.39 is 5.97 Å². The fraction of sp³-hybridized carbons (Fsp3) is 0.143. The molecular formula is C28H26ClN5O3. The van der Waals surface area contributed by atoms with E-state index in [9.17, 15) is 0 Å². The second-order valence-electron chi connectivity index (χ2n) is 8.27. The maximum absolute atomic E-state index is 8.89.